The molecular weight excluding hydrogens is 214 g/mol. The van der Waals surface area contributed by atoms with E-state index in [4.69, 9.17) is 4.42 Å². The summed E-state index contributed by atoms with van der Waals surface area (Å²) in [5, 5.41) is 13.0. The fraction of sp³-hybridized carbons (Fsp3) is 0.714. The van der Waals surface area contributed by atoms with Crippen molar-refractivity contribution in [2.45, 2.75) is 51.1 Å². The van der Waals surface area contributed by atoms with Crippen LogP contribution in [0.25, 0.3) is 0 Å². The molecule has 1 fully saturated rings. The standard InChI is InChI=1S/C14H23NO2/c1-11(9-13-6-4-8-17-13)15-14-7-3-2-5-12(14)10-16/h4,6,8,11-12,14-16H,2-3,5,7,9-10H2,1H3. The van der Waals surface area contributed by atoms with Gasteiger partial charge >= 0.3 is 0 Å². The first-order valence-electron chi connectivity index (χ1n) is 6.69. The van der Waals surface area contributed by atoms with Gasteiger partial charge in [0.2, 0.25) is 0 Å². The third-order valence-corrected chi connectivity index (χ3v) is 3.73. The maximum absolute atomic E-state index is 9.37. The predicted molar refractivity (Wildman–Crippen MR) is 67.8 cm³/mol. The second-order valence-electron chi connectivity index (χ2n) is 5.18. The molecule has 3 unspecified atom stereocenters. The van der Waals surface area contributed by atoms with E-state index in [1.165, 1.54) is 19.3 Å². The highest BCUT2D eigenvalue weighted by Gasteiger charge is 2.25. The van der Waals surface area contributed by atoms with Crippen LogP contribution in [0.15, 0.2) is 22.8 Å². The molecule has 3 nitrogen and oxygen atoms in total. The van der Waals surface area contributed by atoms with Crippen molar-refractivity contribution >= 4 is 0 Å². The second kappa shape index (κ2) is 6.22. The number of aliphatic hydroxyl groups is 1. The number of nitrogens with one attached hydrogen (secondary N) is 1. The van der Waals surface area contributed by atoms with Gasteiger partial charge in [0.15, 0.2) is 0 Å². The molecule has 0 spiro atoms. The van der Waals surface area contributed by atoms with E-state index >= 15 is 0 Å². The zero-order valence-electron chi connectivity index (χ0n) is 10.6. The Morgan fingerprint density at radius 3 is 3.00 bits per heavy atom. The van der Waals surface area contributed by atoms with E-state index in [-0.39, 0.29) is 0 Å². The van der Waals surface area contributed by atoms with Crippen molar-refractivity contribution in [1.29, 1.82) is 0 Å². The van der Waals surface area contributed by atoms with E-state index in [0.717, 1.165) is 18.6 Å². The molecule has 2 N–H and O–H groups in total. The Hall–Kier alpha value is -0.800. The molecule has 1 aromatic rings. The van der Waals surface area contributed by atoms with Crippen LogP contribution in [-0.4, -0.2) is 23.8 Å². The Balaban J connectivity index is 1.82. The Morgan fingerprint density at radius 2 is 2.29 bits per heavy atom. The van der Waals surface area contributed by atoms with Gasteiger partial charge in [0.1, 0.15) is 5.76 Å². The van der Waals surface area contributed by atoms with Crippen LogP contribution < -0.4 is 5.32 Å². The molecule has 0 saturated heterocycles. The molecule has 0 aromatic carbocycles. The molecule has 0 radical (unpaired) electrons. The highest BCUT2D eigenvalue weighted by atomic mass is 16.3. The summed E-state index contributed by atoms with van der Waals surface area (Å²) in [5.74, 6) is 1.46. The summed E-state index contributed by atoms with van der Waals surface area (Å²) >= 11 is 0. The average molecular weight is 237 g/mol. The average Bonchev–Trinajstić information content (AvgIpc) is 2.82. The van der Waals surface area contributed by atoms with E-state index in [0.29, 0.717) is 24.6 Å². The molecule has 0 bridgehead atoms. The molecule has 0 amide bonds. The number of hydrogen-bond acceptors (Lipinski definition) is 3. The van der Waals surface area contributed by atoms with Gasteiger partial charge in [-0.1, -0.05) is 12.8 Å². The lowest BCUT2D eigenvalue weighted by molar-refractivity contribution is 0.146. The Labute approximate surface area is 103 Å². The molecule has 1 heterocycles. The van der Waals surface area contributed by atoms with Crippen LogP contribution in [0.3, 0.4) is 0 Å². The molecule has 96 valence electrons. The number of aliphatic hydroxyl groups excluding tert-OH is 1. The minimum Gasteiger partial charge on any atom is -0.469 e. The smallest absolute Gasteiger partial charge is 0.105 e. The van der Waals surface area contributed by atoms with Gasteiger partial charge in [-0.2, -0.15) is 0 Å². The summed E-state index contributed by atoms with van der Waals surface area (Å²) in [6, 6.07) is 4.82. The van der Waals surface area contributed by atoms with Crippen molar-refractivity contribution in [1.82, 2.24) is 5.32 Å². The monoisotopic (exact) mass is 237 g/mol. The molecule has 1 saturated carbocycles. The number of rotatable bonds is 5. The third kappa shape index (κ3) is 3.58. The lowest BCUT2D eigenvalue weighted by Crippen LogP contribution is -2.45. The maximum Gasteiger partial charge on any atom is 0.105 e. The topological polar surface area (TPSA) is 45.4 Å². The first kappa shape index (κ1) is 12.7. The second-order valence-corrected chi connectivity index (χ2v) is 5.18. The Bertz CT molecular complexity index is 310. The van der Waals surface area contributed by atoms with Gasteiger partial charge < -0.3 is 14.8 Å². The molecule has 0 aliphatic heterocycles. The molecule has 1 aliphatic carbocycles. The van der Waals surface area contributed by atoms with Gasteiger partial charge in [0, 0.05) is 25.1 Å². The molecular formula is C14H23NO2. The van der Waals surface area contributed by atoms with E-state index in [1.807, 2.05) is 12.1 Å². The van der Waals surface area contributed by atoms with Crippen LogP contribution >= 0.6 is 0 Å². The van der Waals surface area contributed by atoms with Crippen LogP contribution in [0.5, 0.6) is 0 Å². The Morgan fingerprint density at radius 1 is 1.47 bits per heavy atom. The van der Waals surface area contributed by atoms with Crippen molar-refractivity contribution in [3.63, 3.8) is 0 Å². The molecule has 1 aromatic heterocycles. The fourth-order valence-electron chi connectivity index (χ4n) is 2.80. The highest BCUT2D eigenvalue weighted by Crippen LogP contribution is 2.24. The zero-order chi connectivity index (χ0) is 12.1. The van der Waals surface area contributed by atoms with Crippen LogP contribution in [-0.2, 0) is 6.42 Å². The summed E-state index contributed by atoms with van der Waals surface area (Å²) in [6.07, 6.45) is 7.52. The van der Waals surface area contributed by atoms with Gasteiger partial charge in [-0.25, -0.2) is 0 Å². The van der Waals surface area contributed by atoms with Crippen molar-refractivity contribution in [2.24, 2.45) is 5.92 Å². The van der Waals surface area contributed by atoms with E-state index < -0.39 is 0 Å². The largest absolute Gasteiger partial charge is 0.469 e. The first-order valence-corrected chi connectivity index (χ1v) is 6.69. The summed E-state index contributed by atoms with van der Waals surface area (Å²) in [6.45, 7) is 2.50. The Kier molecular flexibility index (Phi) is 4.63. The SMILES string of the molecule is CC(Cc1ccco1)NC1CCCCC1CO. The van der Waals surface area contributed by atoms with Gasteiger partial charge in [0.05, 0.1) is 6.26 Å². The minimum atomic E-state index is 0.311. The zero-order valence-corrected chi connectivity index (χ0v) is 10.6. The third-order valence-electron chi connectivity index (χ3n) is 3.73. The first-order chi connectivity index (χ1) is 8.29. The predicted octanol–water partition coefficient (Wildman–Crippen LogP) is 2.35. The van der Waals surface area contributed by atoms with Crippen LogP contribution in [0.1, 0.15) is 38.4 Å². The van der Waals surface area contributed by atoms with Crippen LogP contribution in [0.4, 0.5) is 0 Å². The summed E-state index contributed by atoms with van der Waals surface area (Å²) in [4.78, 5) is 0. The van der Waals surface area contributed by atoms with Gasteiger partial charge in [-0.05, 0) is 37.8 Å². The summed E-state index contributed by atoms with van der Waals surface area (Å²) < 4.78 is 5.36. The van der Waals surface area contributed by atoms with Crippen LogP contribution in [0.2, 0.25) is 0 Å². The minimum absolute atomic E-state index is 0.311. The molecule has 3 heteroatoms. The van der Waals surface area contributed by atoms with Gasteiger partial charge in [-0.15, -0.1) is 0 Å². The molecule has 17 heavy (non-hydrogen) atoms. The number of hydrogen-bond donors (Lipinski definition) is 2. The summed E-state index contributed by atoms with van der Waals surface area (Å²) in [7, 11) is 0. The van der Waals surface area contributed by atoms with Crippen LogP contribution in [0, 0.1) is 5.92 Å². The van der Waals surface area contributed by atoms with Crippen molar-refractivity contribution < 1.29 is 9.52 Å². The van der Waals surface area contributed by atoms with Gasteiger partial charge in [-0.3, -0.25) is 0 Å². The van der Waals surface area contributed by atoms with Crippen molar-refractivity contribution in [2.75, 3.05) is 6.61 Å². The maximum atomic E-state index is 9.37. The van der Waals surface area contributed by atoms with Crippen molar-refractivity contribution in [3.8, 4) is 0 Å². The normalized spacial score (nSPS) is 26.9. The van der Waals surface area contributed by atoms with E-state index in [1.54, 1.807) is 6.26 Å². The molecule has 2 rings (SSSR count). The van der Waals surface area contributed by atoms with E-state index in [2.05, 4.69) is 12.2 Å². The number of furan rings is 1. The lowest BCUT2D eigenvalue weighted by Gasteiger charge is -2.33. The highest BCUT2D eigenvalue weighted by molar-refractivity contribution is 5.00. The van der Waals surface area contributed by atoms with Crippen molar-refractivity contribution in [3.05, 3.63) is 24.2 Å². The fourth-order valence-corrected chi connectivity index (χ4v) is 2.80. The lowest BCUT2D eigenvalue weighted by atomic mass is 9.84. The van der Waals surface area contributed by atoms with E-state index in [9.17, 15) is 5.11 Å². The van der Waals surface area contributed by atoms with Gasteiger partial charge in [0.25, 0.3) is 0 Å². The summed E-state index contributed by atoms with van der Waals surface area (Å²) in [5.41, 5.74) is 0. The molecule has 3 atom stereocenters. The molecule has 1 aliphatic rings. The quantitative estimate of drug-likeness (QED) is 0.826.